The normalized spacial score (nSPS) is 16.2. The average molecular weight is 445 g/mol. The number of hydrogen-bond acceptors (Lipinski definition) is 2. The minimum Gasteiger partial charge on any atom is -0.374 e. The fraction of sp³-hybridized carbons (Fsp3) is 0.632. The molecule has 1 aromatic rings. The zero-order chi connectivity index (χ0) is 16.7. The van der Waals surface area contributed by atoms with Crippen molar-refractivity contribution in [3.63, 3.8) is 0 Å². The maximum atomic E-state index is 5.68. The zero-order valence-corrected chi connectivity index (χ0v) is 17.7. The van der Waals surface area contributed by atoms with Gasteiger partial charge in [-0.25, -0.2) is 0 Å². The van der Waals surface area contributed by atoms with Crippen LogP contribution in [0.15, 0.2) is 29.3 Å². The van der Waals surface area contributed by atoms with Crippen LogP contribution in [0.2, 0.25) is 0 Å². The molecule has 1 N–H and O–H groups in total. The van der Waals surface area contributed by atoms with E-state index in [9.17, 15) is 0 Å². The number of rotatable bonds is 5. The smallest absolute Gasteiger partial charge is 0.193 e. The van der Waals surface area contributed by atoms with E-state index in [2.05, 4.69) is 60.2 Å². The van der Waals surface area contributed by atoms with Gasteiger partial charge in [0.2, 0.25) is 0 Å². The van der Waals surface area contributed by atoms with Crippen molar-refractivity contribution < 1.29 is 4.74 Å². The quantitative estimate of drug-likeness (QED) is 0.423. The molecule has 1 heterocycles. The summed E-state index contributed by atoms with van der Waals surface area (Å²) in [4.78, 5) is 6.81. The lowest BCUT2D eigenvalue weighted by Crippen LogP contribution is -2.45. The Bertz CT molecular complexity index is 511. The van der Waals surface area contributed by atoms with Crippen LogP contribution in [-0.2, 0) is 17.9 Å². The van der Waals surface area contributed by atoms with E-state index in [0.29, 0.717) is 6.61 Å². The number of piperidine rings is 1. The molecule has 0 bridgehead atoms. The molecule has 0 aromatic heterocycles. The van der Waals surface area contributed by atoms with Gasteiger partial charge in [-0.05, 0) is 43.7 Å². The van der Waals surface area contributed by atoms with Gasteiger partial charge in [-0.1, -0.05) is 31.2 Å². The second-order valence-electron chi connectivity index (χ2n) is 6.75. The molecule has 0 spiro atoms. The second kappa shape index (κ2) is 10.9. The van der Waals surface area contributed by atoms with Crippen LogP contribution >= 0.6 is 24.0 Å². The van der Waals surface area contributed by atoms with Crippen LogP contribution < -0.4 is 5.32 Å². The number of ether oxygens (including phenoxy) is 1. The average Bonchev–Trinajstić information content (AvgIpc) is 2.55. The number of likely N-dealkylation sites (tertiary alicyclic amines) is 1. The summed E-state index contributed by atoms with van der Waals surface area (Å²) in [7, 11) is 1.87. The standard InChI is InChI=1S/C19H31N3O.HI/c1-15(2)23-14-18-7-5-6-17(12-18)13-21-19(20-4)22-10-8-16(3)9-11-22;/h5-7,12,15-16H,8-11,13-14H2,1-4H3,(H,20,21);1H. The van der Waals surface area contributed by atoms with E-state index in [0.717, 1.165) is 31.5 Å². The molecule has 0 amide bonds. The fourth-order valence-corrected chi connectivity index (χ4v) is 2.83. The van der Waals surface area contributed by atoms with Crippen LogP contribution in [0.5, 0.6) is 0 Å². The summed E-state index contributed by atoms with van der Waals surface area (Å²) in [6.07, 6.45) is 2.77. The first-order chi connectivity index (χ1) is 11.1. The number of guanidine groups is 1. The van der Waals surface area contributed by atoms with Gasteiger partial charge >= 0.3 is 0 Å². The topological polar surface area (TPSA) is 36.9 Å². The Morgan fingerprint density at radius 2 is 1.96 bits per heavy atom. The van der Waals surface area contributed by atoms with Crippen LogP contribution in [0, 0.1) is 5.92 Å². The molecule has 24 heavy (non-hydrogen) atoms. The maximum absolute atomic E-state index is 5.68. The number of nitrogens with zero attached hydrogens (tertiary/aromatic N) is 2. The summed E-state index contributed by atoms with van der Waals surface area (Å²) < 4.78 is 5.68. The van der Waals surface area contributed by atoms with Gasteiger partial charge in [0, 0.05) is 26.7 Å². The van der Waals surface area contributed by atoms with Crippen molar-refractivity contribution in [2.24, 2.45) is 10.9 Å². The van der Waals surface area contributed by atoms with Gasteiger partial charge in [-0.2, -0.15) is 0 Å². The molecule has 0 atom stereocenters. The summed E-state index contributed by atoms with van der Waals surface area (Å²) >= 11 is 0. The number of nitrogens with one attached hydrogen (secondary N) is 1. The highest BCUT2D eigenvalue weighted by atomic mass is 127. The lowest BCUT2D eigenvalue weighted by molar-refractivity contribution is 0.0657. The van der Waals surface area contributed by atoms with Crippen molar-refractivity contribution in [3.05, 3.63) is 35.4 Å². The first-order valence-corrected chi connectivity index (χ1v) is 8.73. The Balaban J connectivity index is 0.00000288. The molecular formula is C19H32IN3O. The number of aliphatic imine (C=N–C) groups is 1. The van der Waals surface area contributed by atoms with Crippen molar-refractivity contribution in [1.82, 2.24) is 10.2 Å². The van der Waals surface area contributed by atoms with Crippen LogP contribution in [0.4, 0.5) is 0 Å². The molecular weight excluding hydrogens is 413 g/mol. The minimum atomic E-state index is 0. The third-order valence-corrected chi connectivity index (χ3v) is 4.32. The molecule has 1 aromatic carbocycles. The van der Waals surface area contributed by atoms with Gasteiger partial charge in [0.25, 0.3) is 0 Å². The molecule has 136 valence electrons. The number of halogens is 1. The van der Waals surface area contributed by atoms with Gasteiger partial charge in [0.05, 0.1) is 12.7 Å². The number of benzene rings is 1. The Hall–Kier alpha value is -0.820. The Labute approximate surface area is 164 Å². The van der Waals surface area contributed by atoms with Gasteiger partial charge in [0.15, 0.2) is 5.96 Å². The van der Waals surface area contributed by atoms with Gasteiger partial charge in [0.1, 0.15) is 0 Å². The van der Waals surface area contributed by atoms with Crippen LogP contribution in [-0.4, -0.2) is 37.1 Å². The fourth-order valence-electron chi connectivity index (χ4n) is 2.83. The van der Waals surface area contributed by atoms with Gasteiger partial charge in [-0.15, -0.1) is 24.0 Å². The third-order valence-electron chi connectivity index (χ3n) is 4.32. The Morgan fingerprint density at radius 1 is 1.29 bits per heavy atom. The van der Waals surface area contributed by atoms with Crippen molar-refractivity contribution in [2.75, 3.05) is 20.1 Å². The minimum absolute atomic E-state index is 0. The van der Waals surface area contributed by atoms with Crippen molar-refractivity contribution in [3.8, 4) is 0 Å². The molecule has 4 nitrogen and oxygen atoms in total. The molecule has 2 rings (SSSR count). The van der Waals surface area contributed by atoms with Crippen LogP contribution in [0.3, 0.4) is 0 Å². The molecule has 1 fully saturated rings. The van der Waals surface area contributed by atoms with E-state index < -0.39 is 0 Å². The highest BCUT2D eigenvalue weighted by Crippen LogP contribution is 2.16. The maximum Gasteiger partial charge on any atom is 0.193 e. The van der Waals surface area contributed by atoms with Crippen molar-refractivity contribution in [2.45, 2.75) is 52.9 Å². The van der Waals surface area contributed by atoms with E-state index >= 15 is 0 Å². The Morgan fingerprint density at radius 3 is 2.58 bits per heavy atom. The predicted octanol–water partition coefficient (Wildman–Crippen LogP) is 4.04. The SMILES string of the molecule is CN=C(NCc1cccc(COC(C)C)c1)N1CCC(C)CC1.I. The highest BCUT2D eigenvalue weighted by Gasteiger charge is 2.18. The van der Waals surface area contributed by atoms with E-state index in [1.165, 1.54) is 24.0 Å². The third kappa shape index (κ3) is 6.97. The van der Waals surface area contributed by atoms with Crippen molar-refractivity contribution >= 4 is 29.9 Å². The summed E-state index contributed by atoms with van der Waals surface area (Å²) in [6, 6.07) is 8.58. The first kappa shape index (κ1) is 21.2. The Kier molecular flexibility index (Phi) is 9.66. The molecule has 0 radical (unpaired) electrons. The summed E-state index contributed by atoms with van der Waals surface area (Å²) in [5.74, 6) is 1.85. The molecule has 5 heteroatoms. The van der Waals surface area contributed by atoms with E-state index in [1.54, 1.807) is 0 Å². The first-order valence-electron chi connectivity index (χ1n) is 8.73. The largest absolute Gasteiger partial charge is 0.374 e. The predicted molar refractivity (Wildman–Crippen MR) is 112 cm³/mol. The molecule has 0 aliphatic carbocycles. The molecule has 1 aliphatic heterocycles. The van der Waals surface area contributed by atoms with Crippen molar-refractivity contribution in [1.29, 1.82) is 0 Å². The van der Waals surface area contributed by atoms with E-state index in [-0.39, 0.29) is 30.1 Å². The van der Waals surface area contributed by atoms with Gasteiger partial charge in [-0.3, -0.25) is 4.99 Å². The lowest BCUT2D eigenvalue weighted by atomic mass is 9.99. The molecule has 1 aliphatic rings. The molecule has 0 unspecified atom stereocenters. The molecule has 0 saturated carbocycles. The monoisotopic (exact) mass is 445 g/mol. The molecule has 1 saturated heterocycles. The van der Waals surface area contributed by atoms with Crippen LogP contribution in [0.1, 0.15) is 44.7 Å². The van der Waals surface area contributed by atoms with Gasteiger partial charge < -0.3 is 15.0 Å². The summed E-state index contributed by atoms with van der Waals surface area (Å²) in [5, 5.41) is 3.50. The summed E-state index contributed by atoms with van der Waals surface area (Å²) in [6.45, 7) is 10.1. The zero-order valence-electron chi connectivity index (χ0n) is 15.4. The van der Waals surface area contributed by atoms with E-state index in [4.69, 9.17) is 4.74 Å². The lowest BCUT2D eigenvalue weighted by Gasteiger charge is -2.33. The van der Waals surface area contributed by atoms with E-state index in [1.807, 2.05) is 7.05 Å². The van der Waals surface area contributed by atoms with Crippen LogP contribution in [0.25, 0.3) is 0 Å². The second-order valence-corrected chi connectivity index (χ2v) is 6.75. The summed E-state index contributed by atoms with van der Waals surface area (Å²) in [5.41, 5.74) is 2.49. The highest BCUT2D eigenvalue weighted by molar-refractivity contribution is 14.0. The number of hydrogen-bond donors (Lipinski definition) is 1.